The Bertz CT molecular complexity index is 1290. The fourth-order valence-electron chi connectivity index (χ4n) is 3.96. The molecule has 1 heterocycles. The van der Waals surface area contributed by atoms with Gasteiger partial charge in [-0.1, -0.05) is 32.9 Å². The van der Waals surface area contributed by atoms with E-state index in [1.807, 2.05) is 18.4 Å². The number of hydrogen-bond acceptors (Lipinski definition) is 5. The number of anilines is 1. The minimum atomic E-state index is -3.58. The summed E-state index contributed by atoms with van der Waals surface area (Å²) in [4.78, 5) is 29.0. The van der Waals surface area contributed by atoms with Gasteiger partial charge in [0.15, 0.2) is 5.78 Å². The van der Waals surface area contributed by atoms with E-state index in [-0.39, 0.29) is 23.0 Å². The molecule has 0 saturated carbocycles. The molecule has 1 amide bonds. The number of hydrogen-bond donors (Lipinski definition) is 1. The van der Waals surface area contributed by atoms with Gasteiger partial charge in [0.1, 0.15) is 5.82 Å². The molecule has 2 aromatic carbocycles. The topological polar surface area (TPSA) is 101 Å². The summed E-state index contributed by atoms with van der Waals surface area (Å²) in [5.74, 6) is 0.495. The van der Waals surface area contributed by atoms with Crippen molar-refractivity contribution in [2.75, 3.05) is 18.4 Å². The SMILES string of the molecule is CCCn1c(CCC(=O)Nc2cccc(C(C)=O)c2)nc2cc(S(=O)(=O)N(CC)CC)ccc21. The van der Waals surface area contributed by atoms with Crippen molar-refractivity contribution in [2.24, 2.45) is 0 Å². The lowest BCUT2D eigenvalue weighted by molar-refractivity contribution is -0.116. The van der Waals surface area contributed by atoms with Crippen LogP contribution in [-0.4, -0.2) is 47.1 Å². The maximum Gasteiger partial charge on any atom is 0.243 e. The van der Waals surface area contributed by atoms with E-state index in [0.717, 1.165) is 24.3 Å². The van der Waals surface area contributed by atoms with Crippen molar-refractivity contribution in [3.63, 3.8) is 0 Å². The third-order valence-electron chi connectivity index (χ3n) is 5.72. The molecule has 0 aliphatic rings. The van der Waals surface area contributed by atoms with Crippen LogP contribution in [0.5, 0.6) is 0 Å². The van der Waals surface area contributed by atoms with Crippen molar-refractivity contribution in [3.8, 4) is 0 Å². The highest BCUT2D eigenvalue weighted by atomic mass is 32.2. The molecular formula is C25H32N4O4S. The average Bonchev–Trinajstić information content (AvgIpc) is 3.15. The molecule has 3 aromatic rings. The summed E-state index contributed by atoms with van der Waals surface area (Å²) < 4.78 is 29.3. The van der Waals surface area contributed by atoms with Gasteiger partial charge in [0.05, 0.1) is 15.9 Å². The number of aromatic nitrogens is 2. The highest BCUT2D eigenvalue weighted by molar-refractivity contribution is 7.89. The molecule has 182 valence electrons. The number of fused-ring (bicyclic) bond motifs is 1. The fraction of sp³-hybridized carbons (Fsp3) is 0.400. The Morgan fingerprint density at radius 3 is 2.44 bits per heavy atom. The molecule has 3 rings (SSSR count). The first-order valence-corrected chi connectivity index (χ1v) is 13.0. The summed E-state index contributed by atoms with van der Waals surface area (Å²) in [5, 5.41) is 2.83. The number of Topliss-reactive ketones (excluding diaryl/α,β-unsaturated/α-hetero) is 1. The Hall–Kier alpha value is -3.04. The molecule has 1 aromatic heterocycles. The smallest absolute Gasteiger partial charge is 0.243 e. The number of carbonyl (C=O) groups is 2. The summed E-state index contributed by atoms with van der Waals surface area (Å²) in [6.07, 6.45) is 1.50. The predicted octanol–water partition coefficient (Wildman–Crippen LogP) is 4.25. The van der Waals surface area contributed by atoms with Gasteiger partial charge in [0.25, 0.3) is 0 Å². The van der Waals surface area contributed by atoms with Crippen LogP contribution in [0.25, 0.3) is 11.0 Å². The zero-order chi connectivity index (χ0) is 24.9. The second-order valence-corrected chi connectivity index (χ2v) is 10.0. The van der Waals surface area contributed by atoms with Crippen molar-refractivity contribution in [1.29, 1.82) is 0 Å². The minimum Gasteiger partial charge on any atom is -0.328 e. The minimum absolute atomic E-state index is 0.0632. The third-order valence-corrected chi connectivity index (χ3v) is 7.76. The van der Waals surface area contributed by atoms with Crippen LogP contribution in [0.1, 0.15) is 56.7 Å². The van der Waals surface area contributed by atoms with Gasteiger partial charge in [0.2, 0.25) is 15.9 Å². The second kappa shape index (κ2) is 10.9. The Morgan fingerprint density at radius 2 is 1.79 bits per heavy atom. The first-order valence-electron chi connectivity index (χ1n) is 11.6. The van der Waals surface area contributed by atoms with Crippen molar-refractivity contribution < 1.29 is 18.0 Å². The largest absolute Gasteiger partial charge is 0.328 e. The van der Waals surface area contributed by atoms with E-state index in [2.05, 4.69) is 17.2 Å². The molecule has 1 N–H and O–H groups in total. The monoisotopic (exact) mass is 484 g/mol. The van der Waals surface area contributed by atoms with Crippen LogP contribution < -0.4 is 5.32 Å². The zero-order valence-electron chi connectivity index (χ0n) is 20.2. The maximum atomic E-state index is 12.9. The number of benzene rings is 2. The quantitative estimate of drug-likeness (QED) is 0.410. The van der Waals surface area contributed by atoms with E-state index in [1.54, 1.807) is 42.5 Å². The van der Waals surface area contributed by atoms with Gasteiger partial charge in [-0.3, -0.25) is 9.59 Å². The Kier molecular flexibility index (Phi) is 8.22. The third kappa shape index (κ3) is 5.53. The number of amides is 1. The number of nitrogens with zero attached hydrogens (tertiary/aromatic N) is 3. The number of sulfonamides is 1. The molecule has 0 unspecified atom stereocenters. The van der Waals surface area contributed by atoms with Gasteiger partial charge >= 0.3 is 0 Å². The van der Waals surface area contributed by atoms with E-state index in [4.69, 9.17) is 0 Å². The van der Waals surface area contributed by atoms with Crippen LogP contribution in [0.4, 0.5) is 5.69 Å². The summed E-state index contributed by atoms with van der Waals surface area (Å²) in [6, 6.07) is 11.9. The molecule has 8 nitrogen and oxygen atoms in total. The summed E-state index contributed by atoms with van der Waals surface area (Å²) in [6.45, 7) is 8.69. The molecule has 0 radical (unpaired) electrons. The highest BCUT2D eigenvalue weighted by Crippen LogP contribution is 2.24. The van der Waals surface area contributed by atoms with Crippen LogP contribution in [0, 0.1) is 0 Å². The molecular weight excluding hydrogens is 452 g/mol. The predicted molar refractivity (Wildman–Crippen MR) is 134 cm³/mol. The molecule has 0 aliphatic carbocycles. The summed E-state index contributed by atoms with van der Waals surface area (Å²) >= 11 is 0. The van der Waals surface area contributed by atoms with E-state index in [1.165, 1.54) is 11.2 Å². The van der Waals surface area contributed by atoms with E-state index in [0.29, 0.717) is 36.3 Å². The van der Waals surface area contributed by atoms with Crippen LogP contribution >= 0.6 is 0 Å². The fourth-order valence-corrected chi connectivity index (χ4v) is 5.44. The van der Waals surface area contributed by atoms with Crippen molar-refractivity contribution >= 4 is 38.4 Å². The lowest BCUT2D eigenvalue weighted by Gasteiger charge is -2.18. The maximum absolute atomic E-state index is 12.9. The van der Waals surface area contributed by atoms with Gasteiger partial charge in [-0.2, -0.15) is 4.31 Å². The Labute approximate surface area is 201 Å². The number of carbonyl (C=O) groups excluding carboxylic acids is 2. The second-order valence-electron chi connectivity index (χ2n) is 8.10. The van der Waals surface area contributed by atoms with E-state index < -0.39 is 10.0 Å². The van der Waals surface area contributed by atoms with E-state index >= 15 is 0 Å². The number of nitrogens with one attached hydrogen (secondary N) is 1. The molecule has 9 heteroatoms. The van der Waals surface area contributed by atoms with Gasteiger partial charge in [0, 0.05) is 43.7 Å². The van der Waals surface area contributed by atoms with Crippen LogP contribution in [-0.2, 0) is 27.8 Å². The summed E-state index contributed by atoms with van der Waals surface area (Å²) in [7, 11) is -3.58. The number of ketones is 1. The molecule has 34 heavy (non-hydrogen) atoms. The molecule has 0 bridgehead atoms. The molecule has 0 atom stereocenters. The molecule has 0 saturated heterocycles. The Morgan fingerprint density at radius 1 is 1.06 bits per heavy atom. The Balaban J connectivity index is 1.83. The summed E-state index contributed by atoms with van der Waals surface area (Å²) in [5.41, 5.74) is 2.57. The van der Waals surface area contributed by atoms with Crippen molar-refractivity contribution in [2.45, 2.75) is 58.4 Å². The van der Waals surface area contributed by atoms with Gasteiger partial charge < -0.3 is 9.88 Å². The van der Waals surface area contributed by atoms with Crippen LogP contribution in [0.15, 0.2) is 47.4 Å². The highest BCUT2D eigenvalue weighted by Gasteiger charge is 2.23. The van der Waals surface area contributed by atoms with Gasteiger partial charge in [-0.15, -0.1) is 0 Å². The van der Waals surface area contributed by atoms with E-state index in [9.17, 15) is 18.0 Å². The van der Waals surface area contributed by atoms with Gasteiger partial charge in [-0.25, -0.2) is 13.4 Å². The number of rotatable bonds is 11. The van der Waals surface area contributed by atoms with Crippen molar-refractivity contribution in [1.82, 2.24) is 13.9 Å². The molecule has 0 spiro atoms. The molecule has 0 aliphatic heterocycles. The average molecular weight is 485 g/mol. The van der Waals surface area contributed by atoms with Crippen LogP contribution in [0.3, 0.4) is 0 Å². The van der Waals surface area contributed by atoms with Gasteiger partial charge in [-0.05, 0) is 43.7 Å². The lowest BCUT2D eigenvalue weighted by atomic mass is 10.1. The first kappa shape index (κ1) is 25.6. The zero-order valence-corrected chi connectivity index (χ0v) is 21.0. The number of imidazole rings is 1. The standard InChI is InChI=1S/C25H32N4O4S/c1-5-15-29-23-12-11-21(34(32,33)28(6-2)7-3)17-22(23)27-24(29)13-14-25(31)26-20-10-8-9-19(16-20)18(4)30/h8-12,16-17H,5-7,13-15H2,1-4H3,(H,26,31). The normalized spacial score (nSPS) is 11.8. The van der Waals surface area contributed by atoms with Crippen molar-refractivity contribution in [3.05, 3.63) is 53.9 Å². The lowest BCUT2D eigenvalue weighted by Crippen LogP contribution is -2.30. The first-order chi connectivity index (χ1) is 16.2. The molecule has 0 fully saturated rings. The number of aryl methyl sites for hydroxylation is 2. The van der Waals surface area contributed by atoms with Crippen LogP contribution in [0.2, 0.25) is 0 Å².